The van der Waals surface area contributed by atoms with Crippen LogP contribution in [-0.4, -0.2) is 21.1 Å². The van der Waals surface area contributed by atoms with Gasteiger partial charge in [0.05, 0.1) is 0 Å². The van der Waals surface area contributed by atoms with Crippen LogP contribution in [0, 0.1) is 5.82 Å². The molecule has 0 aliphatic rings. The summed E-state index contributed by atoms with van der Waals surface area (Å²) in [6, 6.07) is 9.57. The second kappa shape index (κ2) is 7.30. The molecule has 0 radical (unpaired) electrons. The minimum atomic E-state index is -0.254. The van der Waals surface area contributed by atoms with Crippen molar-refractivity contribution in [3.8, 4) is 0 Å². The summed E-state index contributed by atoms with van der Waals surface area (Å²) in [6.07, 6.45) is 3.11. The summed E-state index contributed by atoms with van der Waals surface area (Å²) in [6.45, 7) is 0. The molecule has 0 spiro atoms. The molecule has 0 saturated carbocycles. The maximum Gasteiger partial charge on any atom is 0.257 e. The van der Waals surface area contributed by atoms with Gasteiger partial charge >= 0.3 is 0 Å². The largest absolute Gasteiger partial charge is 0.296 e. The lowest BCUT2D eigenvalue weighted by molar-refractivity contribution is 0.102. The molecule has 3 aromatic rings. The van der Waals surface area contributed by atoms with Crippen molar-refractivity contribution in [3.63, 3.8) is 0 Å². The minimum Gasteiger partial charge on any atom is -0.296 e. The zero-order valence-electron chi connectivity index (χ0n) is 11.8. The molecule has 3 rings (SSSR count). The standard InChI is InChI=1S/C15H11FN4OS2/c16-12-3-1-10(2-4-12)9-22-15-20-19-14(23-15)18-13(21)11-5-7-17-8-6-11/h1-8H,9H2,(H,18,19,21). The lowest BCUT2D eigenvalue weighted by atomic mass is 10.2. The van der Waals surface area contributed by atoms with Crippen molar-refractivity contribution in [2.75, 3.05) is 5.32 Å². The number of anilines is 1. The van der Waals surface area contributed by atoms with Crippen molar-refractivity contribution in [2.24, 2.45) is 0 Å². The summed E-state index contributed by atoms with van der Waals surface area (Å²) in [5.41, 5.74) is 1.50. The maximum absolute atomic E-state index is 12.8. The molecule has 0 unspecified atom stereocenters. The number of nitrogens with zero attached hydrogens (tertiary/aromatic N) is 3. The Labute approximate surface area is 140 Å². The van der Waals surface area contributed by atoms with Gasteiger partial charge in [0, 0.05) is 23.7 Å². The topological polar surface area (TPSA) is 67.8 Å². The third kappa shape index (κ3) is 4.33. The van der Waals surface area contributed by atoms with Crippen LogP contribution in [0.2, 0.25) is 0 Å². The number of hydrogen-bond donors (Lipinski definition) is 1. The van der Waals surface area contributed by atoms with Gasteiger partial charge in [-0.3, -0.25) is 15.1 Å². The molecule has 8 heteroatoms. The summed E-state index contributed by atoms with van der Waals surface area (Å²) >= 11 is 2.78. The summed E-state index contributed by atoms with van der Waals surface area (Å²) in [5.74, 6) is 0.155. The Hall–Kier alpha value is -2.32. The van der Waals surface area contributed by atoms with Crippen LogP contribution in [0.5, 0.6) is 0 Å². The molecule has 0 aliphatic heterocycles. The number of nitrogens with one attached hydrogen (secondary N) is 1. The highest BCUT2D eigenvalue weighted by Gasteiger charge is 2.10. The Kier molecular flexibility index (Phi) is 4.94. The van der Waals surface area contributed by atoms with E-state index in [4.69, 9.17) is 0 Å². The van der Waals surface area contributed by atoms with E-state index in [0.29, 0.717) is 16.4 Å². The molecule has 0 atom stereocenters. The molecule has 0 saturated heterocycles. The van der Waals surface area contributed by atoms with E-state index >= 15 is 0 Å². The van der Waals surface area contributed by atoms with E-state index in [2.05, 4.69) is 20.5 Å². The molecule has 0 bridgehead atoms. The third-order valence-electron chi connectivity index (χ3n) is 2.85. The van der Waals surface area contributed by atoms with Gasteiger partial charge in [0.1, 0.15) is 5.82 Å². The molecule has 116 valence electrons. The SMILES string of the molecule is O=C(Nc1nnc(SCc2ccc(F)cc2)s1)c1ccncc1. The molecular formula is C15H11FN4OS2. The van der Waals surface area contributed by atoms with Gasteiger partial charge in [-0.05, 0) is 29.8 Å². The first-order valence-electron chi connectivity index (χ1n) is 6.63. The maximum atomic E-state index is 12.8. The van der Waals surface area contributed by atoms with Crippen molar-refractivity contribution in [1.82, 2.24) is 15.2 Å². The van der Waals surface area contributed by atoms with Crippen LogP contribution in [-0.2, 0) is 5.75 Å². The van der Waals surface area contributed by atoms with Crippen LogP contribution in [0.25, 0.3) is 0 Å². The minimum absolute atomic E-state index is 0.251. The first-order valence-corrected chi connectivity index (χ1v) is 8.43. The summed E-state index contributed by atoms with van der Waals surface area (Å²) in [5, 5.41) is 11.1. The van der Waals surface area contributed by atoms with E-state index in [1.807, 2.05) is 0 Å². The smallest absolute Gasteiger partial charge is 0.257 e. The van der Waals surface area contributed by atoms with E-state index in [1.54, 1.807) is 36.7 Å². The second-order valence-corrected chi connectivity index (χ2v) is 6.68. The van der Waals surface area contributed by atoms with Crippen molar-refractivity contribution >= 4 is 34.1 Å². The summed E-state index contributed by atoms with van der Waals surface area (Å²) in [7, 11) is 0. The molecule has 5 nitrogen and oxygen atoms in total. The molecule has 2 aromatic heterocycles. The molecule has 0 aliphatic carbocycles. The second-order valence-electron chi connectivity index (χ2n) is 4.48. The van der Waals surface area contributed by atoms with Gasteiger partial charge in [0.2, 0.25) is 5.13 Å². The molecule has 2 heterocycles. The van der Waals surface area contributed by atoms with E-state index in [9.17, 15) is 9.18 Å². The third-order valence-corrected chi connectivity index (χ3v) is 4.89. The van der Waals surface area contributed by atoms with Gasteiger partial charge in [-0.2, -0.15) is 0 Å². The Morgan fingerprint density at radius 3 is 2.61 bits per heavy atom. The normalized spacial score (nSPS) is 10.5. The van der Waals surface area contributed by atoms with Crippen LogP contribution < -0.4 is 5.32 Å². The quantitative estimate of drug-likeness (QED) is 0.564. The van der Waals surface area contributed by atoms with Gasteiger partial charge in [-0.15, -0.1) is 10.2 Å². The number of carbonyl (C=O) groups is 1. The zero-order valence-corrected chi connectivity index (χ0v) is 13.4. The fourth-order valence-corrected chi connectivity index (χ4v) is 3.42. The van der Waals surface area contributed by atoms with Gasteiger partial charge < -0.3 is 0 Å². The molecular weight excluding hydrogens is 335 g/mol. The first kappa shape index (κ1) is 15.6. The monoisotopic (exact) mass is 346 g/mol. The highest BCUT2D eigenvalue weighted by molar-refractivity contribution is 8.00. The number of pyridine rings is 1. The van der Waals surface area contributed by atoms with Crippen LogP contribution in [0.1, 0.15) is 15.9 Å². The van der Waals surface area contributed by atoms with Crippen LogP contribution in [0.3, 0.4) is 0 Å². The van der Waals surface area contributed by atoms with E-state index in [0.717, 1.165) is 9.90 Å². The van der Waals surface area contributed by atoms with Crippen LogP contribution in [0.4, 0.5) is 9.52 Å². The lowest BCUT2D eigenvalue weighted by Crippen LogP contribution is -2.11. The van der Waals surface area contributed by atoms with E-state index < -0.39 is 0 Å². The fourth-order valence-electron chi connectivity index (χ4n) is 1.72. The van der Waals surface area contributed by atoms with Gasteiger partial charge in [0.25, 0.3) is 5.91 Å². The summed E-state index contributed by atoms with van der Waals surface area (Å²) in [4.78, 5) is 15.9. The molecule has 1 N–H and O–H groups in total. The Balaban J connectivity index is 1.57. The number of thioether (sulfide) groups is 1. The van der Waals surface area contributed by atoms with Crippen molar-refractivity contribution < 1.29 is 9.18 Å². The predicted octanol–water partition coefficient (Wildman–Crippen LogP) is 3.62. The van der Waals surface area contributed by atoms with Crippen molar-refractivity contribution in [1.29, 1.82) is 0 Å². The number of halogens is 1. The number of carbonyl (C=O) groups excluding carboxylic acids is 1. The van der Waals surface area contributed by atoms with Crippen LogP contribution in [0.15, 0.2) is 53.1 Å². The molecule has 1 aromatic carbocycles. The first-order chi connectivity index (χ1) is 11.2. The van der Waals surface area contributed by atoms with Gasteiger partial charge in [-0.25, -0.2) is 4.39 Å². The number of aromatic nitrogens is 3. The van der Waals surface area contributed by atoms with E-state index in [-0.39, 0.29) is 11.7 Å². The highest BCUT2D eigenvalue weighted by Crippen LogP contribution is 2.28. The predicted molar refractivity (Wildman–Crippen MR) is 88.1 cm³/mol. The summed E-state index contributed by atoms with van der Waals surface area (Å²) < 4.78 is 13.6. The molecule has 1 amide bonds. The van der Waals surface area contributed by atoms with Crippen molar-refractivity contribution in [2.45, 2.75) is 10.1 Å². The molecule has 23 heavy (non-hydrogen) atoms. The van der Waals surface area contributed by atoms with Gasteiger partial charge in [-0.1, -0.05) is 35.2 Å². The van der Waals surface area contributed by atoms with Crippen LogP contribution >= 0.6 is 23.1 Å². The zero-order chi connectivity index (χ0) is 16.1. The average Bonchev–Trinajstić information content (AvgIpc) is 3.02. The molecule has 0 fully saturated rings. The highest BCUT2D eigenvalue weighted by atomic mass is 32.2. The van der Waals surface area contributed by atoms with Gasteiger partial charge in [0.15, 0.2) is 4.34 Å². The Morgan fingerprint density at radius 2 is 1.87 bits per heavy atom. The fraction of sp³-hybridized carbons (Fsp3) is 0.0667. The number of benzene rings is 1. The lowest BCUT2D eigenvalue weighted by Gasteiger charge is -1.99. The number of amides is 1. The Bertz CT molecular complexity index is 793. The average molecular weight is 346 g/mol. The number of hydrogen-bond acceptors (Lipinski definition) is 6. The Morgan fingerprint density at radius 1 is 1.13 bits per heavy atom. The van der Waals surface area contributed by atoms with E-state index in [1.165, 1.54) is 35.2 Å². The van der Waals surface area contributed by atoms with Crippen molar-refractivity contribution in [3.05, 3.63) is 65.7 Å². The number of rotatable bonds is 5.